The maximum absolute atomic E-state index is 12.4. The monoisotopic (exact) mass is 403 g/mol. The number of sulfone groups is 1. The van der Waals surface area contributed by atoms with Crippen LogP contribution >= 0.6 is 0 Å². The zero-order valence-corrected chi connectivity index (χ0v) is 16.9. The zero-order chi connectivity index (χ0) is 20.1. The second-order valence-electron chi connectivity index (χ2n) is 7.05. The first-order valence-electron chi connectivity index (χ1n) is 9.37. The van der Waals surface area contributed by atoms with Gasteiger partial charge in [-0.15, -0.1) is 0 Å². The van der Waals surface area contributed by atoms with Gasteiger partial charge in [0.05, 0.1) is 17.3 Å². The molecule has 1 heterocycles. The number of rotatable bonds is 8. The number of hydrogen-bond acceptors (Lipinski definition) is 5. The number of nitrogens with one attached hydrogen (secondary N) is 2. The van der Waals surface area contributed by atoms with Crippen molar-refractivity contribution in [3.63, 3.8) is 0 Å². The number of carbonyl (C=O) groups excluding carboxylic acids is 1. The second kappa shape index (κ2) is 8.60. The van der Waals surface area contributed by atoms with Gasteiger partial charge in [-0.05, 0) is 55.9 Å². The summed E-state index contributed by atoms with van der Waals surface area (Å²) >= 11 is 0. The molecule has 2 aromatic rings. The van der Waals surface area contributed by atoms with Gasteiger partial charge >= 0.3 is 6.03 Å². The Morgan fingerprint density at radius 3 is 2.71 bits per heavy atom. The molecule has 150 valence electrons. The Balaban J connectivity index is 1.81. The molecule has 1 aliphatic carbocycles. The molecule has 2 N–H and O–H groups in total. The minimum Gasteiger partial charge on any atom is -0.476 e. The Bertz CT molecular complexity index is 956. The Labute approximate surface area is 165 Å². The molecule has 1 fully saturated rings. The van der Waals surface area contributed by atoms with E-state index in [9.17, 15) is 13.2 Å². The summed E-state index contributed by atoms with van der Waals surface area (Å²) in [4.78, 5) is 16.7. The van der Waals surface area contributed by atoms with Crippen LogP contribution in [0.5, 0.6) is 5.88 Å². The lowest BCUT2D eigenvalue weighted by atomic mass is 10.2. The summed E-state index contributed by atoms with van der Waals surface area (Å²) in [6.45, 7) is 4.23. The van der Waals surface area contributed by atoms with E-state index in [2.05, 4.69) is 15.6 Å². The van der Waals surface area contributed by atoms with Crippen molar-refractivity contribution in [1.82, 2.24) is 4.98 Å². The van der Waals surface area contributed by atoms with Crippen molar-refractivity contribution >= 4 is 27.2 Å². The third-order valence-electron chi connectivity index (χ3n) is 4.33. The van der Waals surface area contributed by atoms with E-state index in [0.717, 1.165) is 18.4 Å². The summed E-state index contributed by atoms with van der Waals surface area (Å²) in [7, 11) is -3.46. The van der Waals surface area contributed by atoms with E-state index in [1.54, 1.807) is 13.0 Å². The Morgan fingerprint density at radius 1 is 1.25 bits per heavy atom. The van der Waals surface area contributed by atoms with E-state index in [4.69, 9.17) is 4.74 Å². The molecule has 1 saturated carbocycles. The van der Waals surface area contributed by atoms with E-state index >= 15 is 0 Å². The van der Waals surface area contributed by atoms with E-state index in [1.165, 1.54) is 12.3 Å². The van der Waals surface area contributed by atoms with Crippen LogP contribution in [0.3, 0.4) is 0 Å². The van der Waals surface area contributed by atoms with Crippen LogP contribution in [0.25, 0.3) is 0 Å². The quantitative estimate of drug-likeness (QED) is 0.694. The predicted octanol–water partition coefficient (Wildman–Crippen LogP) is 4.01. The predicted molar refractivity (Wildman–Crippen MR) is 109 cm³/mol. The molecule has 7 nitrogen and oxygen atoms in total. The zero-order valence-electron chi connectivity index (χ0n) is 16.1. The highest BCUT2D eigenvalue weighted by atomic mass is 32.2. The van der Waals surface area contributed by atoms with Crippen molar-refractivity contribution in [3.8, 4) is 5.88 Å². The van der Waals surface area contributed by atoms with Gasteiger partial charge < -0.3 is 15.4 Å². The van der Waals surface area contributed by atoms with Crippen LogP contribution in [-0.2, 0) is 9.84 Å². The van der Waals surface area contributed by atoms with Crippen LogP contribution < -0.4 is 15.4 Å². The summed E-state index contributed by atoms with van der Waals surface area (Å²) in [6.07, 6.45) is 4.01. The molecule has 1 aromatic heterocycles. The molecule has 0 bridgehead atoms. The summed E-state index contributed by atoms with van der Waals surface area (Å²) in [5.74, 6) is 0.743. The largest absolute Gasteiger partial charge is 0.476 e. The van der Waals surface area contributed by atoms with Gasteiger partial charge in [-0.25, -0.2) is 18.2 Å². The van der Waals surface area contributed by atoms with Gasteiger partial charge in [-0.3, -0.25) is 0 Å². The molecule has 0 saturated heterocycles. The summed E-state index contributed by atoms with van der Waals surface area (Å²) < 4.78 is 30.5. The number of hydrogen-bond donors (Lipinski definition) is 2. The van der Waals surface area contributed by atoms with E-state index in [1.807, 2.05) is 25.1 Å². The number of anilines is 2. The number of pyridine rings is 1. The maximum Gasteiger partial charge on any atom is 0.323 e. The Kier molecular flexibility index (Phi) is 6.18. The van der Waals surface area contributed by atoms with Crippen LogP contribution in [0, 0.1) is 12.8 Å². The topological polar surface area (TPSA) is 97.4 Å². The summed E-state index contributed by atoms with van der Waals surface area (Å²) in [6, 6.07) is 8.31. The lowest BCUT2D eigenvalue weighted by Gasteiger charge is -2.14. The number of carbonyl (C=O) groups is 1. The standard InChI is InChI=1S/C20H25N3O4S/c1-3-9-28(25,26)17-11-18(19(21-12-17)27-13-15-7-8-15)23-20(24)22-16-6-4-5-14(2)10-16/h4-6,10-12,15H,3,7-9,13H2,1-2H3,(H2,22,23,24). The minimum absolute atomic E-state index is 0.0197. The Morgan fingerprint density at radius 2 is 2.04 bits per heavy atom. The SMILES string of the molecule is CCCS(=O)(=O)c1cnc(OCC2CC2)c(NC(=O)Nc2cccc(C)c2)c1. The van der Waals surface area contributed by atoms with Crippen LogP contribution in [-0.4, -0.2) is 31.8 Å². The first kappa shape index (κ1) is 20.1. The van der Waals surface area contributed by atoms with Gasteiger partial charge in [0.25, 0.3) is 0 Å². The van der Waals surface area contributed by atoms with Crippen molar-refractivity contribution in [2.24, 2.45) is 5.92 Å². The maximum atomic E-state index is 12.4. The number of benzene rings is 1. The van der Waals surface area contributed by atoms with Gasteiger partial charge in [-0.2, -0.15) is 0 Å². The van der Waals surface area contributed by atoms with Crippen LogP contribution in [0.4, 0.5) is 16.2 Å². The third-order valence-corrected chi connectivity index (χ3v) is 6.22. The molecule has 0 spiro atoms. The second-order valence-corrected chi connectivity index (χ2v) is 9.15. The molecular formula is C20H25N3O4S. The first-order chi connectivity index (χ1) is 13.4. The van der Waals surface area contributed by atoms with Crippen molar-refractivity contribution in [3.05, 3.63) is 42.1 Å². The van der Waals surface area contributed by atoms with Crippen molar-refractivity contribution < 1.29 is 17.9 Å². The fourth-order valence-electron chi connectivity index (χ4n) is 2.68. The third kappa shape index (κ3) is 5.45. The smallest absolute Gasteiger partial charge is 0.323 e. The van der Waals surface area contributed by atoms with Crippen LogP contribution in [0.15, 0.2) is 41.4 Å². The van der Waals surface area contributed by atoms with E-state index in [0.29, 0.717) is 24.6 Å². The van der Waals surface area contributed by atoms with Crippen molar-refractivity contribution in [2.45, 2.75) is 38.0 Å². The highest BCUT2D eigenvalue weighted by molar-refractivity contribution is 7.91. The average molecular weight is 404 g/mol. The summed E-state index contributed by atoms with van der Waals surface area (Å²) in [5, 5.41) is 5.41. The van der Waals surface area contributed by atoms with Gasteiger partial charge in [0.2, 0.25) is 5.88 Å². The van der Waals surface area contributed by atoms with Crippen molar-refractivity contribution in [2.75, 3.05) is 23.0 Å². The molecule has 0 aliphatic heterocycles. The molecular weight excluding hydrogens is 378 g/mol. The Hall–Kier alpha value is -2.61. The number of aromatic nitrogens is 1. The van der Waals surface area contributed by atoms with Crippen molar-refractivity contribution in [1.29, 1.82) is 0 Å². The summed E-state index contributed by atoms with van der Waals surface area (Å²) in [5.41, 5.74) is 1.89. The average Bonchev–Trinajstić information content (AvgIpc) is 3.45. The fourth-order valence-corrected chi connectivity index (χ4v) is 3.97. The highest BCUT2D eigenvalue weighted by Crippen LogP contribution is 2.32. The van der Waals surface area contributed by atoms with E-state index < -0.39 is 15.9 Å². The van der Waals surface area contributed by atoms with Gasteiger partial charge in [0, 0.05) is 11.9 Å². The first-order valence-corrected chi connectivity index (χ1v) is 11.0. The number of ether oxygens (including phenoxy) is 1. The van der Waals surface area contributed by atoms with Crippen LogP contribution in [0.1, 0.15) is 31.7 Å². The molecule has 0 radical (unpaired) electrons. The molecule has 28 heavy (non-hydrogen) atoms. The number of amides is 2. The number of urea groups is 1. The van der Waals surface area contributed by atoms with Gasteiger partial charge in [0.1, 0.15) is 5.69 Å². The molecule has 3 rings (SSSR count). The molecule has 0 atom stereocenters. The minimum atomic E-state index is -3.46. The number of nitrogens with zero attached hydrogens (tertiary/aromatic N) is 1. The lowest BCUT2D eigenvalue weighted by molar-refractivity contribution is 0.261. The molecule has 1 aliphatic rings. The highest BCUT2D eigenvalue weighted by Gasteiger charge is 2.24. The van der Waals surface area contributed by atoms with Gasteiger partial charge in [0.15, 0.2) is 9.84 Å². The lowest BCUT2D eigenvalue weighted by Crippen LogP contribution is -2.21. The molecule has 8 heteroatoms. The number of aryl methyl sites for hydroxylation is 1. The molecule has 2 amide bonds. The van der Waals surface area contributed by atoms with Crippen LogP contribution in [0.2, 0.25) is 0 Å². The molecule has 1 aromatic carbocycles. The fraction of sp³-hybridized carbons (Fsp3) is 0.400. The molecule has 0 unspecified atom stereocenters. The van der Waals surface area contributed by atoms with E-state index in [-0.39, 0.29) is 22.2 Å². The normalized spacial score (nSPS) is 13.8. The van der Waals surface area contributed by atoms with Gasteiger partial charge in [-0.1, -0.05) is 19.1 Å².